The second-order valence-corrected chi connectivity index (χ2v) is 4.37. The maximum Gasteiger partial charge on any atom is 0.416 e. The molecular weight excluding hydrogens is 287 g/mol. The van der Waals surface area contributed by atoms with Crippen LogP contribution in [0.15, 0.2) is 24.3 Å². The SMILES string of the molecule is NC(=O)NCCCC(=O)NCc1ccc(C(F)(F)F)cc1. The van der Waals surface area contributed by atoms with Gasteiger partial charge in [0.15, 0.2) is 0 Å². The highest BCUT2D eigenvalue weighted by Gasteiger charge is 2.29. The zero-order valence-electron chi connectivity index (χ0n) is 11.2. The fourth-order valence-corrected chi connectivity index (χ4v) is 1.56. The van der Waals surface area contributed by atoms with E-state index in [1.54, 1.807) is 0 Å². The number of hydrogen-bond acceptors (Lipinski definition) is 2. The van der Waals surface area contributed by atoms with Gasteiger partial charge in [-0.2, -0.15) is 13.2 Å². The van der Waals surface area contributed by atoms with Gasteiger partial charge < -0.3 is 16.4 Å². The average molecular weight is 303 g/mol. The molecule has 0 atom stereocenters. The number of amides is 3. The average Bonchev–Trinajstić information content (AvgIpc) is 2.40. The van der Waals surface area contributed by atoms with Gasteiger partial charge in [-0.25, -0.2) is 4.79 Å². The predicted octanol–water partition coefficient (Wildman–Crippen LogP) is 1.77. The van der Waals surface area contributed by atoms with Crippen molar-refractivity contribution in [2.24, 2.45) is 5.73 Å². The summed E-state index contributed by atoms with van der Waals surface area (Å²) in [6.07, 6.45) is -3.74. The molecule has 0 fully saturated rings. The van der Waals surface area contributed by atoms with E-state index in [-0.39, 0.29) is 18.9 Å². The first-order valence-electron chi connectivity index (χ1n) is 6.25. The number of hydrogen-bond donors (Lipinski definition) is 3. The van der Waals surface area contributed by atoms with Crippen molar-refractivity contribution in [2.45, 2.75) is 25.6 Å². The van der Waals surface area contributed by atoms with Crippen LogP contribution in [0.25, 0.3) is 0 Å². The summed E-state index contributed by atoms with van der Waals surface area (Å²) in [7, 11) is 0. The molecular formula is C13H16F3N3O2. The lowest BCUT2D eigenvalue weighted by Crippen LogP contribution is -2.31. The summed E-state index contributed by atoms with van der Waals surface area (Å²) in [6.45, 7) is 0.448. The molecule has 0 aliphatic rings. The molecule has 0 saturated carbocycles. The van der Waals surface area contributed by atoms with Crippen molar-refractivity contribution in [1.82, 2.24) is 10.6 Å². The molecule has 0 radical (unpaired) electrons. The summed E-state index contributed by atoms with van der Waals surface area (Å²) in [5.41, 5.74) is 4.70. The number of halogens is 3. The van der Waals surface area contributed by atoms with Crippen LogP contribution in [-0.2, 0) is 17.5 Å². The smallest absolute Gasteiger partial charge is 0.352 e. The van der Waals surface area contributed by atoms with Crippen molar-refractivity contribution < 1.29 is 22.8 Å². The van der Waals surface area contributed by atoms with Crippen molar-refractivity contribution in [3.05, 3.63) is 35.4 Å². The Morgan fingerprint density at radius 2 is 1.71 bits per heavy atom. The molecule has 0 heterocycles. The molecule has 0 bridgehead atoms. The number of nitrogens with one attached hydrogen (secondary N) is 2. The minimum atomic E-state index is -4.37. The van der Waals surface area contributed by atoms with Crippen molar-refractivity contribution >= 4 is 11.9 Å². The maximum absolute atomic E-state index is 12.4. The molecule has 1 aromatic rings. The summed E-state index contributed by atoms with van der Waals surface area (Å²) in [4.78, 5) is 21.8. The maximum atomic E-state index is 12.4. The molecule has 0 spiro atoms. The molecule has 0 aromatic heterocycles. The van der Waals surface area contributed by atoms with Gasteiger partial charge >= 0.3 is 12.2 Å². The van der Waals surface area contributed by atoms with Crippen molar-refractivity contribution in [2.75, 3.05) is 6.54 Å². The number of alkyl halides is 3. The number of carbonyl (C=O) groups is 2. The molecule has 0 aliphatic carbocycles. The standard InChI is InChI=1S/C13H16F3N3O2/c14-13(15,16)10-5-3-9(4-6-10)8-19-11(20)2-1-7-18-12(17)21/h3-6H,1-2,7-8H2,(H,19,20)(H3,17,18,21). The summed E-state index contributed by atoms with van der Waals surface area (Å²) in [5, 5.41) is 4.93. The number of rotatable bonds is 6. The van der Waals surface area contributed by atoms with Crippen molar-refractivity contribution in [3.63, 3.8) is 0 Å². The molecule has 8 heteroatoms. The van der Waals surface area contributed by atoms with E-state index in [0.29, 0.717) is 18.5 Å². The number of nitrogens with two attached hydrogens (primary N) is 1. The Kier molecular flexibility index (Phi) is 6.01. The molecule has 0 aliphatic heterocycles. The Morgan fingerprint density at radius 1 is 1.10 bits per heavy atom. The molecule has 3 amide bonds. The van der Waals surface area contributed by atoms with Crippen LogP contribution in [0.2, 0.25) is 0 Å². The topological polar surface area (TPSA) is 84.2 Å². The van der Waals surface area contributed by atoms with E-state index in [0.717, 1.165) is 12.1 Å². The Labute approximate surface area is 119 Å². The van der Waals surface area contributed by atoms with Gasteiger partial charge in [0.05, 0.1) is 5.56 Å². The van der Waals surface area contributed by atoms with E-state index in [1.807, 2.05) is 0 Å². The van der Waals surface area contributed by atoms with Gasteiger partial charge in [0, 0.05) is 19.5 Å². The third-order valence-electron chi connectivity index (χ3n) is 2.65. The van der Waals surface area contributed by atoms with Gasteiger partial charge in [-0.1, -0.05) is 12.1 Å². The Hall–Kier alpha value is -2.25. The quantitative estimate of drug-likeness (QED) is 0.700. The molecule has 5 nitrogen and oxygen atoms in total. The number of primary amides is 1. The van der Waals surface area contributed by atoms with Gasteiger partial charge in [0.1, 0.15) is 0 Å². The van der Waals surface area contributed by atoms with E-state index in [2.05, 4.69) is 10.6 Å². The minimum Gasteiger partial charge on any atom is -0.352 e. The zero-order valence-corrected chi connectivity index (χ0v) is 11.2. The third kappa shape index (κ3) is 6.64. The lowest BCUT2D eigenvalue weighted by Gasteiger charge is -2.08. The number of benzene rings is 1. The summed E-state index contributed by atoms with van der Waals surface area (Å²) >= 11 is 0. The van der Waals surface area contributed by atoms with Gasteiger partial charge in [-0.3, -0.25) is 4.79 Å². The van der Waals surface area contributed by atoms with Crippen LogP contribution in [-0.4, -0.2) is 18.5 Å². The summed E-state index contributed by atoms with van der Waals surface area (Å²) in [5.74, 6) is -0.249. The normalized spacial score (nSPS) is 11.0. The van der Waals surface area contributed by atoms with Gasteiger partial charge in [0.2, 0.25) is 5.91 Å². The first-order chi connectivity index (χ1) is 9.79. The van der Waals surface area contributed by atoms with E-state index in [4.69, 9.17) is 5.73 Å². The molecule has 0 saturated heterocycles. The lowest BCUT2D eigenvalue weighted by atomic mass is 10.1. The van der Waals surface area contributed by atoms with Gasteiger partial charge in [-0.15, -0.1) is 0 Å². The van der Waals surface area contributed by atoms with Gasteiger partial charge in [0.25, 0.3) is 0 Å². The number of carbonyl (C=O) groups excluding carboxylic acids is 2. The van der Waals surface area contributed by atoms with E-state index in [1.165, 1.54) is 12.1 Å². The molecule has 0 unspecified atom stereocenters. The fourth-order valence-electron chi connectivity index (χ4n) is 1.56. The Bertz CT molecular complexity index is 486. The Morgan fingerprint density at radius 3 is 2.24 bits per heavy atom. The highest BCUT2D eigenvalue weighted by atomic mass is 19.4. The summed E-state index contributed by atoms with van der Waals surface area (Å²) < 4.78 is 37.1. The molecule has 4 N–H and O–H groups in total. The van der Waals surface area contributed by atoms with E-state index < -0.39 is 17.8 Å². The minimum absolute atomic E-state index is 0.153. The molecule has 1 rings (SSSR count). The van der Waals surface area contributed by atoms with Crippen LogP contribution in [0.5, 0.6) is 0 Å². The monoisotopic (exact) mass is 303 g/mol. The second-order valence-electron chi connectivity index (χ2n) is 4.37. The van der Waals surface area contributed by atoms with Crippen LogP contribution < -0.4 is 16.4 Å². The number of urea groups is 1. The third-order valence-corrected chi connectivity index (χ3v) is 2.65. The van der Waals surface area contributed by atoms with Gasteiger partial charge in [-0.05, 0) is 24.1 Å². The van der Waals surface area contributed by atoms with Crippen LogP contribution in [0.4, 0.5) is 18.0 Å². The van der Waals surface area contributed by atoms with E-state index >= 15 is 0 Å². The van der Waals surface area contributed by atoms with Crippen LogP contribution >= 0.6 is 0 Å². The highest BCUT2D eigenvalue weighted by molar-refractivity contribution is 5.76. The molecule has 116 valence electrons. The largest absolute Gasteiger partial charge is 0.416 e. The van der Waals surface area contributed by atoms with Crippen molar-refractivity contribution in [1.29, 1.82) is 0 Å². The van der Waals surface area contributed by atoms with Crippen molar-refractivity contribution in [3.8, 4) is 0 Å². The fraction of sp³-hybridized carbons (Fsp3) is 0.385. The van der Waals surface area contributed by atoms with E-state index in [9.17, 15) is 22.8 Å². The second kappa shape index (κ2) is 7.51. The first kappa shape index (κ1) is 16.8. The first-order valence-corrected chi connectivity index (χ1v) is 6.25. The predicted molar refractivity (Wildman–Crippen MR) is 70.1 cm³/mol. The van der Waals surface area contributed by atoms with Crippen LogP contribution in [0, 0.1) is 0 Å². The van der Waals surface area contributed by atoms with Crippen LogP contribution in [0.1, 0.15) is 24.0 Å². The van der Waals surface area contributed by atoms with Crippen LogP contribution in [0.3, 0.4) is 0 Å². The molecule has 21 heavy (non-hydrogen) atoms. The zero-order chi connectivity index (χ0) is 15.9. The highest BCUT2D eigenvalue weighted by Crippen LogP contribution is 2.28. The Balaban J connectivity index is 2.31. The summed E-state index contributed by atoms with van der Waals surface area (Å²) in [6, 6.07) is 3.92. The molecule has 1 aromatic carbocycles. The lowest BCUT2D eigenvalue weighted by molar-refractivity contribution is -0.137.